The topological polar surface area (TPSA) is 45.6 Å². The predicted molar refractivity (Wildman–Crippen MR) is 60.0 cm³/mol. The van der Waals surface area contributed by atoms with Gasteiger partial charge in [-0.15, -0.1) is 4.91 Å². The maximum Gasteiger partial charge on any atom is 0.0657 e. The quantitative estimate of drug-likeness (QED) is 0.392. The number of nitrogens with zero attached hydrogens (tertiary/aromatic N) is 3. The lowest BCUT2D eigenvalue weighted by molar-refractivity contribution is 0.268. The molecule has 1 heterocycles. The molecule has 0 amide bonds. The minimum atomic E-state index is 0.557. The largest absolute Gasteiger partial charge is 0.264 e. The molecule has 0 aliphatic rings. The van der Waals surface area contributed by atoms with Gasteiger partial charge in [0, 0.05) is 18.9 Å². The zero-order valence-corrected chi connectivity index (χ0v) is 9.09. The van der Waals surface area contributed by atoms with Crippen LogP contribution >= 0.6 is 0 Å². The van der Waals surface area contributed by atoms with Crippen molar-refractivity contribution in [3.8, 4) is 0 Å². The summed E-state index contributed by atoms with van der Waals surface area (Å²) in [4.78, 5) is 14.6. The molecule has 0 aliphatic carbocycles. The van der Waals surface area contributed by atoms with Crippen molar-refractivity contribution in [2.24, 2.45) is 5.29 Å². The fourth-order valence-corrected chi connectivity index (χ4v) is 1.40. The first-order valence-electron chi connectivity index (χ1n) is 5.34. The summed E-state index contributed by atoms with van der Waals surface area (Å²) in [6.45, 7) is 3.42. The fourth-order valence-electron chi connectivity index (χ4n) is 1.40. The Morgan fingerprint density at radius 3 is 2.93 bits per heavy atom. The first-order valence-corrected chi connectivity index (χ1v) is 5.34. The van der Waals surface area contributed by atoms with Crippen LogP contribution in [0.25, 0.3) is 0 Å². The van der Waals surface area contributed by atoms with E-state index in [2.05, 4.69) is 17.2 Å². The summed E-state index contributed by atoms with van der Waals surface area (Å²) in [6, 6.07) is 3.81. The molecule has 0 aromatic carbocycles. The molecule has 1 rings (SSSR count). The minimum Gasteiger partial charge on any atom is -0.264 e. The molecule has 0 saturated heterocycles. The van der Waals surface area contributed by atoms with Crippen molar-refractivity contribution < 1.29 is 0 Å². The van der Waals surface area contributed by atoms with Crippen LogP contribution in [0.5, 0.6) is 0 Å². The van der Waals surface area contributed by atoms with Gasteiger partial charge in [0.05, 0.1) is 11.8 Å². The minimum absolute atomic E-state index is 0.557. The Labute approximate surface area is 90.3 Å². The molecule has 4 heteroatoms. The summed E-state index contributed by atoms with van der Waals surface area (Å²) in [5, 5.41) is 4.56. The molecule has 1 aromatic rings. The smallest absolute Gasteiger partial charge is 0.0657 e. The van der Waals surface area contributed by atoms with Gasteiger partial charge in [0.1, 0.15) is 0 Å². The molecule has 1 aromatic heterocycles. The van der Waals surface area contributed by atoms with Gasteiger partial charge in [0.2, 0.25) is 0 Å². The fraction of sp³-hybridized carbons (Fsp3) is 0.545. The number of rotatable bonds is 7. The number of pyridine rings is 1. The summed E-state index contributed by atoms with van der Waals surface area (Å²) in [5.74, 6) is 0. The first kappa shape index (κ1) is 11.6. The van der Waals surface area contributed by atoms with E-state index < -0.39 is 0 Å². The van der Waals surface area contributed by atoms with E-state index in [-0.39, 0.29) is 0 Å². The molecule has 15 heavy (non-hydrogen) atoms. The van der Waals surface area contributed by atoms with Gasteiger partial charge in [-0.2, -0.15) is 0 Å². The summed E-state index contributed by atoms with van der Waals surface area (Å²) >= 11 is 0. The molecule has 0 aliphatic heterocycles. The lowest BCUT2D eigenvalue weighted by atomic mass is 10.2. The maximum atomic E-state index is 10.6. The van der Waals surface area contributed by atoms with E-state index in [0.717, 1.165) is 31.4 Å². The number of unbranched alkanes of at least 4 members (excludes halogenated alkanes) is 2. The Morgan fingerprint density at radius 2 is 2.33 bits per heavy atom. The molecule has 0 atom stereocenters. The van der Waals surface area contributed by atoms with Crippen LogP contribution in [0, 0.1) is 4.91 Å². The van der Waals surface area contributed by atoms with Gasteiger partial charge in [-0.25, -0.2) is 0 Å². The molecule has 0 radical (unpaired) electrons. The molecular formula is C11H17N3O. The molecule has 82 valence electrons. The van der Waals surface area contributed by atoms with Crippen molar-refractivity contribution in [1.29, 1.82) is 0 Å². The number of nitroso groups, excluding NO2 is 1. The predicted octanol–water partition coefficient (Wildman–Crippen LogP) is 2.76. The molecule has 0 fully saturated rings. The van der Waals surface area contributed by atoms with Crippen molar-refractivity contribution >= 4 is 0 Å². The van der Waals surface area contributed by atoms with E-state index >= 15 is 0 Å². The highest BCUT2D eigenvalue weighted by molar-refractivity contribution is 5.07. The van der Waals surface area contributed by atoms with Gasteiger partial charge in [-0.05, 0) is 18.1 Å². The Bertz CT molecular complexity index is 276. The average molecular weight is 207 g/mol. The molecule has 0 spiro atoms. The van der Waals surface area contributed by atoms with Crippen LogP contribution in [0.1, 0.15) is 31.7 Å². The summed E-state index contributed by atoms with van der Waals surface area (Å²) in [6.07, 6.45) is 6.79. The van der Waals surface area contributed by atoms with Gasteiger partial charge in [0.25, 0.3) is 0 Å². The lowest BCUT2D eigenvalue weighted by Gasteiger charge is -2.14. The van der Waals surface area contributed by atoms with Crippen LogP contribution in [-0.2, 0) is 6.54 Å². The maximum absolute atomic E-state index is 10.6. The standard InChI is InChI=1S/C11H17N3O/c1-2-3-4-8-14(13-15)10-11-6-5-7-12-9-11/h5-7,9H,2-4,8,10H2,1H3. The molecular weight excluding hydrogens is 190 g/mol. The van der Waals surface area contributed by atoms with E-state index in [1.807, 2.05) is 12.1 Å². The van der Waals surface area contributed by atoms with E-state index in [1.165, 1.54) is 0 Å². The van der Waals surface area contributed by atoms with Crippen LogP contribution in [-0.4, -0.2) is 16.5 Å². The highest BCUT2D eigenvalue weighted by Crippen LogP contribution is 2.05. The Morgan fingerprint density at radius 1 is 1.47 bits per heavy atom. The second kappa shape index (κ2) is 6.92. The van der Waals surface area contributed by atoms with E-state index in [4.69, 9.17) is 0 Å². The summed E-state index contributed by atoms with van der Waals surface area (Å²) in [5.41, 5.74) is 1.02. The molecule has 0 bridgehead atoms. The average Bonchev–Trinajstić information content (AvgIpc) is 2.29. The van der Waals surface area contributed by atoms with Crippen molar-refractivity contribution in [2.45, 2.75) is 32.7 Å². The van der Waals surface area contributed by atoms with Gasteiger partial charge in [0.15, 0.2) is 0 Å². The highest BCUT2D eigenvalue weighted by Gasteiger charge is 2.03. The van der Waals surface area contributed by atoms with Crippen molar-refractivity contribution in [1.82, 2.24) is 9.99 Å². The summed E-state index contributed by atoms with van der Waals surface area (Å²) < 4.78 is 0. The molecule has 0 unspecified atom stereocenters. The summed E-state index contributed by atoms with van der Waals surface area (Å²) in [7, 11) is 0. The van der Waals surface area contributed by atoms with Crippen LogP contribution in [0.4, 0.5) is 0 Å². The van der Waals surface area contributed by atoms with Crippen LogP contribution in [0.15, 0.2) is 29.8 Å². The molecule has 4 nitrogen and oxygen atoms in total. The molecule has 0 saturated carbocycles. The monoisotopic (exact) mass is 207 g/mol. The highest BCUT2D eigenvalue weighted by atomic mass is 16.3. The number of hydrogen-bond acceptors (Lipinski definition) is 3. The van der Waals surface area contributed by atoms with Crippen LogP contribution < -0.4 is 0 Å². The zero-order valence-electron chi connectivity index (χ0n) is 9.09. The first-order chi connectivity index (χ1) is 7.36. The van der Waals surface area contributed by atoms with Gasteiger partial charge >= 0.3 is 0 Å². The Kier molecular flexibility index (Phi) is 5.37. The zero-order chi connectivity index (χ0) is 10.9. The second-order valence-electron chi connectivity index (χ2n) is 3.54. The van der Waals surface area contributed by atoms with E-state index in [1.54, 1.807) is 17.4 Å². The van der Waals surface area contributed by atoms with Crippen LogP contribution in [0.2, 0.25) is 0 Å². The Balaban J connectivity index is 2.37. The van der Waals surface area contributed by atoms with Crippen LogP contribution in [0.3, 0.4) is 0 Å². The van der Waals surface area contributed by atoms with E-state index in [9.17, 15) is 4.91 Å². The third-order valence-electron chi connectivity index (χ3n) is 2.22. The van der Waals surface area contributed by atoms with Crippen molar-refractivity contribution in [3.63, 3.8) is 0 Å². The third-order valence-corrected chi connectivity index (χ3v) is 2.22. The number of aromatic nitrogens is 1. The van der Waals surface area contributed by atoms with Crippen molar-refractivity contribution in [3.05, 3.63) is 35.0 Å². The normalized spacial score (nSPS) is 9.93. The second-order valence-corrected chi connectivity index (χ2v) is 3.54. The van der Waals surface area contributed by atoms with Crippen molar-refractivity contribution in [2.75, 3.05) is 6.54 Å². The van der Waals surface area contributed by atoms with Gasteiger partial charge in [-0.1, -0.05) is 25.8 Å². The van der Waals surface area contributed by atoms with Gasteiger partial charge in [-0.3, -0.25) is 9.99 Å². The SMILES string of the molecule is CCCCCN(Cc1cccnc1)N=O. The van der Waals surface area contributed by atoms with E-state index in [0.29, 0.717) is 6.54 Å². The lowest BCUT2D eigenvalue weighted by Crippen LogP contribution is -2.17. The third kappa shape index (κ3) is 4.54. The molecule has 0 N–H and O–H groups in total. The van der Waals surface area contributed by atoms with Gasteiger partial charge < -0.3 is 0 Å². The Hall–Kier alpha value is -1.45. The number of hydrogen-bond donors (Lipinski definition) is 0.